The maximum Gasteiger partial charge on any atom is 0.191 e. The minimum absolute atomic E-state index is 0.186. The highest BCUT2D eigenvalue weighted by Crippen LogP contribution is 2.30. The molecule has 1 aromatic carbocycles. The molecule has 0 aromatic heterocycles. The van der Waals surface area contributed by atoms with Gasteiger partial charge in [0, 0.05) is 38.1 Å². The molecule has 0 amide bonds. The molecule has 2 aliphatic rings. The van der Waals surface area contributed by atoms with E-state index in [0.717, 1.165) is 62.7 Å². The second-order valence-electron chi connectivity index (χ2n) is 7.23. The van der Waals surface area contributed by atoms with Crippen LogP contribution in [0.15, 0.2) is 29.3 Å². The molecule has 0 spiro atoms. The Morgan fingerprint density at radius 3 is 2.88 bits per heavy atom. The molecule has 1 aliphatic carbocycles. The molecular weight excluding hydrogens is 328 g/mol. The summed E-state index contributed by atoms with van der Waals surface area (Å²) in [5, 5.41) is 16.9. The smallest absolute Gasteiger partial charge is 0.191 e. The molecule has 1 saturated heterocycles. The first-order chi connectivity index (χ1) is 12.7. The first-order valence-electron chi connectivity index (χ1n) is 9.82. The molecule has 3 atom stereocenters. The molecule has 2 fully saturated rings. The Labute approximate surface area is 156 Å². The fraction of sp³-hybridized carbons (Fsp3) is 0.650. The second-order valence-corrected chi connectivity index (χ2v) is 7.23. The number of anilines is 1. The predicted molar refractivity (Wildman–Crippen MR) is 106 cm³/mol. The van der Waals surface area contributed by atoms with E-state index in [0.29, 0.717) is 18.5 Å². The Morgan fingerprint density at radius 2 is 2.15 bits per heavy atom. The summed E-state index contributed by atoms with van der Waals surface area (Å²) >= 11 is 0. The lowest BCUT2D eigenvalue weighted by Crippen LogP contribution is -2.45. The van der Waals surface area contributed by atoms with Crippen LogP contribution in [0, 0.1) is 5.92 Å². The van der Waals surface area contributed by atoms with Crippen molar-refractivity contribution >= 4 is 11.6 Å². The number of rotatable bonds is 6. The number of aliphatic hydroxyl groups excluding tert-OH is 1. The van der Waals surface area contributed by atoms with Crippen LogP contribution < -0.4 is 20.3 Å². The molecular formula is C20H32N4O2. The van der Waals surface area contributed by atoms with Crippen molar-refractivity contribution in [2.24, 2.45) is 10.9 Å². The molecule has 1 aromatic rings. The zero-order valence-corrected chi connectivity index (χ0v) is 15.9. The van der Waals surface area contributed by atoms with Gasteiger partial charge in [-0.2, -0.15) is 0 Å². The predicted octanol–water partition coefficient (Wildman–Crippen LogP) is 1.99. The van der Waals surface area contributed by atoms with Crippen molar-refractivity contribution < 1.29 is 9.84 Å². The quantitative estimate of drug-likeness (QED) is 0.535. The van der Waals surface area contributed by atoms with Crippen LogP contribution in [0.5, 0.6) is 5.75 Å². The zero-order chi connectivity index (χ0) is 18.4. The van der Waals surface area contributed by atoms with Crippen LogP contribution >= 0.6 is 0 Å². The van der Waals surface area contributed by atoms with Gasteiger partial charge in [0.05, 0.1) is 18.9 Å². The molecule has 3 rings (SSSR count). The summed E-state index contributed by atoms with van der Waals surface area (Å²) in [6.45, 7) is 5.54. The number of guanidine groups is 1. The standard InChI is InChI=1S/C20H32N4O2/c1-3-21-20(22-13-15-7-6-9-18(15)25)23-16-11-12-24(14-16)17-8-4-5-10-19(17)26-2/h4-5,8,10,15-16,18,25H,3,6-7,9,11-14H2,1-2H3,(H2,21,22,23). The topological polar surface area (TPSA) is 69.1 Å². The number of benzene rings is 1. The highest BCUT2D eigenvalue weighted by atomic mass is 16.5. The lowest BCUT2D eigenvalue weighted by atomic mass is 10.1. The normalized spacial score (nSPS) is 26.2. The minimum atomic E-state index is -0.186. The van der Waals surface area contributed by atoms with Gasteiger partial charge in [-0.15, -0.1) is 0 Å². The fourth-order valence-corrected chi connectivity index (χ4v) is 3.94. The van der Waals surface area contributed by atoms with Crippen molar-refractivity contribution in [1.82, 2.24) is 10.6 Å². The Kier molecular flexibility index (Phi) is 6.61. The molecule has 6 nitrogen and oxygen atoms in total. The number of hydrogen-bond acceptors (Lipinski definition) is 4. The number of aliphatic imine (C=N–C) groups is 1. The molecule has 144 valence electrons. The molecule has 0 bridgehead atoms. The minimum Gasteiger partial charge on any atom is -0.495 e. The van der Waals surface area contributed by atoms with Crippen molar-refractivity contribution in [3.8, 4) is 5.75 Å². The Morgan fingerprint density at radius 1 is 1.31 bits per heavy atom. The van der Waals surface area contributed by atoms with Gasteiger partial charge in [0.2, 0.25) is 0 Å². The van der Waals surface area contributed by atoms with Crippen molar-refractivity contribution in [1.29, 1.82) is 0 Å². The van der Waals surface area contributed by atoms with Crippen LogP contribution in [0.25, 0.3) is 0 Å². The van der Waals surface area contributed by atoms with Gasteiger partial charge in [-0.3, -0.25) is 4.99 Å². The largest absolute Gasteiger partial charge is 0.495 e. The van der Waals surface area contributed by atoms with Gasteiger partial charge in [-0.25, -0.2) is 0 Å². The fourth-order valence-electron chi connectivity index (χ4n) is 3.94. The van der Waals surface area contributed by atoms with E-state index in [1.54, 1.807) is 7.11 Å². The van der Waals surface area contributed by atoms with Crippen LogP contribution in [-0.2, 0) is 0 Å². The van der Waals surface area contributed by atoms with Gasteiger partial charge < -0.3 is 25.4 Å². The summed E-state index contributed by atoms with van der Waals surface area (Å²) in [4.78, 5) is 7.09. The van der Waals surface area contributed by atoms with Crippen LogP contribution in [0.2, 0.25) is 0 Å². The lowest BCUT2D eigenvalue weighted by molar-refractivity contribution is 0.136. The average Bonchev–Trinajstić information content (AvgIpc) is 3.29. The summed E-state index contributed by atoms with van der Waals surface area (Å²) in [7, 11) is 1.72. The summed E-state index contributed by atoms with van der Waals surface area (Å²) in [5.74, 6) is 2.08. The van der Waals surface area contributed by atoms with E-state index in [4.69, 9.17) is 9.73 Å². The van der Waals surface area contributed by atoms with E-state index in [1.165, 1.54) is 0 Å². The highest BCUT2D eigenvalue weighted by molar-refractivity contribution is 5.80. The number of hydrogen-bond donors (Lipinski definition) is 3. The molecule has 3 N–H and O–H groups in total. The Hall–Kier alpha value is -1.95. The number of ether oxygens (including phenoxy) is 1. The van der Waals surface area contributed by atoms with Crippen LogP contribution in [0.1, 0.15) is 32.6 Å². The second kappa shape index (κ2) is 9.12. The monoisotopic (exact) mass is 360 g/mol. The van der Waals surface area contributed by atoms with E-state index < -0.39 is 0 Å². The number of aliphatic hydroxyl groups is 1. The average molecular weight is 361 g/mol. The Balaban J connectivity index is 1.58. The summed E-state index contributed by atoms with van der Waals surface area (Å²) in [5.41, 5.74) is 1.15. The first-order valence-corrected chi connectivity index (χ1v) is 9.82. The van der Waals surface area contributed by atoms with Crippen molar-refractivity contribution in [2.75, 3.05) is 38.2 Å². The van der Waals surface area contributed by atoms with Gasteiger partial charge in [0.15, 0.2) is 5.96 Å². The van der Waals surface area contributed by atoms with Crippen LogP contribution in [0.3, 0.4) is 0 Å². The van der Waals surface area contributed by atoms with E-state index in [9.17, 15) is 5.11 Å². The first kappa shape index (κ1) is 18.8. The van der Waals surface area contributed by atoms with Crippen molar-refractivity contribution in [2.45, 2.75) is 44.8 Å². The molecule has 1 aliphatic heterocycles. The Bertz CT molecular complexity index is 607. The third kappa shape index (κ3) is 4.61. The van der Waals surface area contributed by atoms with Gasteiger partial charge in [-0.05, 0) is 38.3 Å². The van der Waals surface area contributed by atoms with E-state index in [-0.39, 0.29) is 6.10 Å². The molecule has 1 heterocycles. The van der Waals surface area contributed by atoms with E-state index in [2.05, 4.69) is 34.6 Å². The molecule has 1 saturated carbocycles. The van der Waals surface area contributed by atoms with Gasteiger partial charge in [0.1, 0.15) is 5.75 Å². The lowest BCUT2D eigenvalue weighted by Gasteiger charge is -2.22. The third-order valence-corrected chi connectivity index (χ3v) is 5.40. The maximum atomic E-state index is 10.00. The van der Waals surface area contributed by atoms with Gasteiger partial charge >= 0.3 is 0 Å². The maximum absolute atomic E-state index is 10.00. The van der Waals surface area contributed by atoms with E-state index in [1.807, 2.05) is 12.1 Å². The third-order valence-electron chi connectivity index (χ3n) is 5.40. The highest BCUT2D eigenvalue weighted by Gasteiger charge is 2.27. The molecule has 26 heavy (non-hydrogen) atoms. The number of methoxy groups -OCH3 is 1. The van der Waals surface area contributed by atoms with Crippen LogP contribution in [-0.4, -0.2) is 56.5 Å². The molecule has 3 unspecified atom stereocenters. The molecule has 6 heteroatoms. The summed E-state index contributed by atoms with van der Waals surface area (Å²) < 4.78 is 5.50. The van der Waals surface area contributed by atoms with Crippen molar-refractivity contribution in [3.63, 3.8) is 0 Å². The van der Waals surface area contributed by atoms with Crippen molar-refractivity contribution in [3.05, 3.63) is 24.3 Å². The van der Waals surface area contributed by atoms with Gasteiger partial charge in [-0.1, -0.05) is 18.6 Å². The summed E-state index contributed by atoms with van der Waals surface area (Å²) in [6.07, 6.45) is 3.99. The number of nitrogens with one attached hydrogen (secondary N) is 2. The van der Waals surface area contributed by atoms with Crippen LogP contribution in [0.4, 0.5) is 5.69 Å². The summed E-state index contributed by atoms with van der Waals surface area (Å²) in [6, 6.07) is 8.53. The SMILES string of the molecule is CCNC(=NCC1CCCC1O)NC1CCN(c2ccccc2OC)C1. The number of nitrogens with zero attached hydrogens (tertiary/aromatic N) is 2. The van der Waals surface area contributed by atoms with Gasteiger partial charge in [0.25, 0.3) is 0 Å². The number of para-hydroxylation sites is 2. The molecule has 0 radical (unpaired) electrons. The van der Waals surface area contributed by atoms with E-state index >= 15 is 0 Å². The zero-order valence-electron chi connectivity index (χ0n) is 15.9.